The van der Waals surface area contributed by atoms with Crippen molar-refractivity contribution in [2.75, 3.05) is 26.7 Å². The average molecular weight is 350 g/mol. The van der Waals surface area contributed by atoms with Gasteiger partial charge in [-0.15, -0.1) is 0 Å². The van der Waals surface area contributed by atoms with Gasteiger partial charge < -0.3 is 24.6 Å². The highest BCUT2D eigenvalue weighted by atomic mass is 16.5. The Morgan fingerprint density at radius 2 is 2.36 bits per heavy atom. The summed E-state index contributed by atoms with van der Waals surface area (Å²) in [6.07, 6.45) is 6.00. The minimum atomic E-state index is -0.833. The molecule has 140 valence electrons. The monoisotopic (exact) mass is 350 g/mol. The van der Waals surface area contributed by atoms with Gasteiger partial charge in [-0.3, -0.25) is 4.79 Å². The molecule has 2 aliphatic heterocycles. The van der Waals surface area contributed by atoms with Crippen molar-refractivity contribution < 1.29 is 14.6 Å². The van der Waals surface area contributed by atoms with Crippen LogP contribution < -0.4 is 5.32 Å². The van der Waals surface area contributed by atoms with E-state index in [2.05, 4.69) is 10.3 Å². The predicted molar refractivity (Wildman–Crippen MR) is 94.1 cm³/mol. The fourth-order valence-electron chi connectivity index (χ4n) is 4.16. The van der Waals surface area contributed by atoms with Crippen molar-refractivity contribution in [3.63, 3.8) is 0 Å². The molecule has 0 spiro atoms. The van der Waals surface area contributed by atoms with Gasteiger partial charge in [0.05, 0.1) is 24.4 Å². The molecule has 1 aromatic rings. The first-order chi connectivity index (χ1) is 11.9. The van der Waals surface area contributed by atoms with E-state index in [0.29, 0.717) is 32.7 Å². The number of nitrogens with zero attached hydrogens (tertiary/aromatic N) is 3. The zero-order valence-corrected chi connectivity index (χ0v) is 15.4. The molecule has 1 aromatic heterocycles. The van der Waals surface area contributed by atoms with Crippen LogP contribution in [0.15, 0.2) is 12.4 Å². The summed E-state index contributed by atoms with van der Waals surface area (Å²) in [5, 5.41) is 13.9. The van der Waals surface area contributed by atoms with E-state index in [1.807, 2.05) is 36.6 Å². The van der Waals surface area contributed by atoms with E-state index < -0.39 is 5.60 Å². The molecule has 1 amide bonds. The number of hydrogen-bond acceptors (Lipinski definition) is 5. The number of aryl methyl sites for hydroxylation is 1. The summed E-state index contributed by atoms with van der Waals surface area (Å²) in [5.41, 5.74) is -0.833. The second-order valence-corrected chi connectivity index (χ2v) is 7.49. The van der Waals surface area contributed by atoms with Crippen LogP contribution in [-0.4, -0.2) is 70.0 Å². The van der Waals surface area contributed by atoms with Crippen LogP contribution in [-0.2, 0) is 22.5 Å². The number of fused-ring (bicyclic) bond motifs is 1. The number of piperidine rings is 1. The number of aliphatic hydroxyl groups is 1. The summed E-state index contributed by atoms with van der Waals surface area (Å²) in [7, 11) is 1.85. The molecule has 7 heteroatoms. The second kappa shape index (κ2) is 7.43. The summed E-state index contributed by atoms with van der Waals surface area (Å²) >= 11 is 0. The van der Waals surface area contributed by atoms with E-state index in [1.54, 1.807) is 6.20 Å². The van der Waals surface area contributed by atoms with E-state index in [1.165, 1.54) is 0 Å². The highest BCUT2D eigenvalue weighted by molar-refractivity contribution is 5.76. The first kappa shape index (κ1) is 18.4. The van der Waals surface area contributed by atoms with Crippen LogP contribution in [0.5, 0.6) is 0 Å². The Labute approximate surface area is 149 Å². The highest BCUT2D eigenvalue weighted by Crippen LogP contribution is 2.33. The first-order valence-corrected chi connectivity index (χ1v) is 9.23. The Bertz CT molecular complexity index is 601. The maximum atomic E-state index is 12.7. The Morgan fingerprint density at radius 3 is 3.08 bits per heavy atom. The number of hydrogen-bond donors (Lipinski definition) is 2. The maximum absolute atomic E-state index is 12.7. The summed E-state index contributed by atoms with van der Waals surface area (Å²) < 4.78 is 7.96. The number of nitrogens with one attached hydrogen (secondary N) is 1. The molecular weight excluding hydrogens is 320 g/mol. The third-order valence-electron chi connectivity index (χ3n) is 5.69. The molecule has 3 rings (SSSR count). The van der Waals surface area contributed by atoms with Gasteiger partial charge >= 0.3 is 0 Å². The zero-order valence-electron chi connectivity index (χ0n) is 15.4. The van der Waals surface area contributed by atoms with Crippen molar-refractivity contribution in [3.8, 4) is 0 Å². The summed E-state index contributed by atoms with van der Waals surface area (Å²) in [6.45, 7) is 6.09. The summed E-state index contributed by atoms with van der Waals surface area (Å²) in [4.78, 5) is 18.9. The SMILES string of the molecule is CCc1nccn1CC(=O)N1CC[C@H]2OC[C@@H](NC)[C@](C)(O)C[C@H]2C1. The molecule has 0 radical (unpaired) electrons. The third kappa shape index (κ3) is 3.88. The van der Waals surface area contributed by atoms with Gasteiger partial charge in [0.25, 0.3) is 0 Å². The first-order valence-electron chi connectivity index (χ1n) is 9.23. The molecule has 2 fully saturated rings. The van der Waals surface area contributed by atoms with Crippen molar-refractivity contribution in [1.82, 2.24) is 19.8 Å². The lowest BCUT2D eigenvalue weighted by Gasteiger charge is -2.39. The molecule has 2 aliphatic rings. The minimum Gasteiger partial charge on any atom is -0.388 e. The normalized spacial score (nSPS) is 33.0. The Morgan fingerprint density at radius 1 is 1.56 bits per heavy atom. The van der Waals surface area contributed by atoms with Crippen molar-refractivity contribution in [1.29, 1.82) is 0 Å². The van der Waals surface area contributed by atoms with Gasteiger partial charge in [0.2, 0.25) is 5.91 Å². The molecule has 2 N–H and O–H groups in total. The van der Waals surface area contributed by atoms with Gasteiger partial charge in [-0.2, -0.15) is 0 Å². The number of likely N-dealkylation sites (tertiary alicyclic amines) is 1. The minimum absolute atomic E-state index is 0.0830. The molecular formula is C18H30N4O3. The molecule has 0 aliphatic carbocycles. The Kier molecular flexibility index (Phi) is 5.46. The molecule has 0 saturated carbocycles. The van der Waals surface area contributed by atoms with E-state index in [0.717, 1.165) is 18.7 Å². The lowest BCUT2D eigenvalue weighted by molar-refractivity contribution is -0.137. The number of ether oxygens (including phenoxy) is 1. The van der Waals surface area contributed by atoms with Gasteiger partial charge in [0.15, 0.2) is 0 Å². The number of carbonyl (C=O) groups is 1. The Balaban J connectivity index is 1.65. The zero-order chi connectivity index (χ0) is 18.0. The van der Waals surface area contributed by atoms with Crippen molar-refractivity contribution >= 4 is 5.91 Å². The quantitative estimate of drug-likeness (QED) is 0.823. The Hall–Kier alpha value is -1.44. The summed E-state index contributed by atoms with van der Waals surface area (Å²) in [6, 6.07) is -0.0830. The fraction of sp³-hybridized carbons (Fsp3) is 0.778. The molecule has 4 atom stereocenters. The number of imidazole rings is 1. The second-order valence-electron chi connectivity index (χ2n) is 7.49. The molecule has 0 unspecified atom stereocenters. The standard InChI is InChI=1S/C18H30N4O3/c1-4-16-20-6-8-21(16)11-17(23)22-7-5-14-13(10-22)9-18(2,24)15(19-3)12-25-14/h6,8,13-15,19,24H,4-5,7,9-12H2,1-3H3/t13-,14+,15+,18+/m0/s1. The highest BCUT2D eigenvalue weighted by Gasteiger charge is 2.43. The molecule has 3 heterocycles. The van der Waals surface area contributed by atoms with Crippen LogP contribution in [0.2, 0.25) is 0 Å². The maximum Gasteiger partial charge on any atom is 0.242 e. The van der Waals surface area contributed by atoms with E-state index in [-0.39, 0.29) is 24.0 Å². The van der Waals surface area contributed by atoms with Crippen LogP contribution in [0.4, 0.5) is 0 Å². The lowest BCUT2D eigenvalue weighted by atomic mass is 9.82. The van der Waals surface area contributed by atoms with E-state index in [9.17, 15) is 9.90 Å². The van der Waals surface area contributed by atoms with Crippen LogP contribution in [0.1, 0.15) is 32.5 Å². The average Bonchev–Trinajstić information content (AvgIpc) is 2.97. The van der Waals surface area contributed by atoms with E-state index in [4.69, 9.17) is 4.74 Å². The van der Waals surface area contributed by atoms with Gasteiger partial charge in [-0.1, -0.05) is 6.92 Å². The predicted octanol–water partition coefficient (Wildman–Crippen LogP) is 0.422. The lowest BCUT2D eigenvalue weighted by Crippen LogP contribution is -2.51. The van der Waals surface area contributed by atoms with Gasteiger partial charge in [0.1, 0.15) is 12.4 Å². The fourth-order valence-corrected chi connectivity index (χ4v) is 4.16. The number of aromatic nitrogens is 2. The van der Waals surface area contributed by atoms with Crippen LogP contribution in [0, 0.1) is 5.92 Å². The molecule has 2 saturated heterocycles. The molecule has 7 nitrogen and oxygen atoms in total. The molecule has 0 aromatic carbocycles. The largest absolute Gasteiger partial charge is 0.388 e. The van der Waals surface area contributed by atoms with Crippen LogP contribution in [0.3, 0.4) is 0 Å². The van der Waals surface area contributed by atoms with Crippen LogP contribution >= 0.6 is 0 Å². The van der Waals surface area contributed by atoms with Gasteiger partial charge in [-0.25, -0.2) is 4.98 Å². The number of amides is 1. The third-order valence-corrected chi connectivity index (χ3v) is 5.69. The van der Waals surface area contributed by atoms with Crippen molar-refractivity contribution in [2.45, 2.75) is 57.4 Å². The molecule has 0 bridgehead atoms. The van der Waals surface area contributed by atoms with Gasteiger partial charge in [-0.05, 0) is 26.8 Å². The summed E-state index contributed by atoms with van der Waals surface area (Å²) in [5.74, 6) is 1.21. The van der Waals surface area contributed by atoms with Gasteiger partial charge in [0, 0.05) is 37.8 Å². The van der Waals surface area contributed by atoms with E-state index >= 15 is 0 Å². The number of carbonyl (C=O) groups excluding carboxylic acids is 1. The number of rotatable bonds is 4. The van der Waals surface area contributed by atoms with Crippen molar-refractivity contribution in [2.24, 2.45) is 5.92 Å². The van der Waals surface area contributed by atoms with Crippen LogP contribution in [0.25, 0.3) is 0 Å². The topological polar surface area (TPSA) is 79.6 Å². The van der Waals surface area contributed by atoms with Crippen molar-refractivity contribution in [3.05, 3.63) is 18.2 Å². The number of likely N-dealkylation sites (N-methyl/N-ethyl adjacent to an activating group) is 1. The smallest absolute Gasteiger partial charge is 0.242 e. The molecule has 25 heavy (non-hydrogen) atoms.